The Labute approximate surface area is 145 Å². The highest BCUT2D eigenvalue weighted by molar-refractivity contribution is 5.95. The number of carbonyl (C=O) groups is 3. The lowest BCUT2D eigenvalue weighted by atomic mass is 9.98. The maximum atomic E-state index is 11.7. The Morgan fingerprint density at radius 3 is 2.12 bits per heavy atom. The molecule has 0 aliphatic carbocycles. The van der Waals surface area contributed by atoms with Crippen LogP contribution in [0.1, 0.15) is 26.3 Å². The molecule has 0 aliphatic rings. The van der Waals surface area contributed by atoms with Crippen LogP contribution in [0.2, 0.25) is 0 Å². The average molecular weight is 354 g/mol. The zero-order chi connectivity index (χ0) is 19.2. The molecule has 8 heteroatoms. The van der Waals surface area contributed by atoms with Gasteiger partial charge in [-0.05, 0) is 44.5 Å². The van der Waals surface area contributed by atoms with Gasteiger partial charge in [-0.25, -0.2) is 4.79 Å². The number of phenols is 1. The summed E-state index contributed by atoms with van der Waals surface area (Å²) in [6.45, 7) is 5.06. The highest BCUT2D eigenvalue weighted by Crippen LogP contribution is 2.27. The molecular weight excluding hydrogens is 332 g/mol. The van der Waals surface area contributed by atoms with Gasteiger partial charge in [-0.1, -0.05) is 0 Å². The van der Waals surface area contributed by atoms with E-state index in [1.807, 2.05) is 0 Å². The fourth-order valence-electron chi connectivity index (χ4n) is 1.92. The molecule has 0 fully saturated rings. The van der Waals surface area contributed by atoms with Crippen LogP contribution in [0.3, 0.4) is 0 Å². The van der Waals surface area contributed by atoms with Crippen molar-refractivity contribution in [1.82, 2.24) is 0 Å². The van der Waals surface area contributed by atoms with E-state index < -0.39 is 29.6 Å². The Morgan fingerprint density at radius 2 is 1.64 bits per heavy atom. The summed E-state index contributed by atoms with van der Waals surface area (Å²) in [5.74, 6) is -2.93. The molecular formula is C17H22O8. The number of rotatable bonds is 5. The second-order valence-corrected chi connectivity index (χ2v) is 6.16. The van der Waals surface area contributed by atoms with Crippen LogP contribution < -0.4 is 4.74 Å². The van der Waals surface area contributed by atoms with E-state index in [0.29, 0.717) is 0 Å². The molecule has 0 heterocycles. The second kappa shape index (κ2) is 8.36. The van der Waals surface area contributed by atoms with E-state index in [1.165, 1.54) is 18.2 Å². The summed E-state index contributed by atoms with van der Waals surface area (Å²) in [7, 11) is 2.28. The molecule has 1 aromatic carbocycles. The van der Waals surface area contributed by atoms with Crippen LogP contribution in [-0.4, -0.2) is 43.0 Å². The number of carbonyl (C=O) groups excluding carboxylic acids is 3. The lowest BCUT2D eigenvalue weighted by molar-refractivity contribution is -0.158. The Kier molecular flexibility index (Phi) is 6.78. The van der Waals surface area contributed by atoms with Crippen molar-refractivity contribution in [2.45, 2.75) is 32.8 Å². The summed E-state index contributed by atoms with van der Waals surface area (Å²) in [6.07, 6.45) is -1.10. The molecule has 1 rings (SSSR count). The fraction of sp³-hybridized carbons (Fsp3) is 0.471. The van der Waals surface area contributed by atoms with Crippen molar-refractivity contribution >= 4 is 18.1 Å². The van der Waals surface area contributed by atoms with Gasteiger partial charge in [0.2, 0.25) is 0 Å². The van der Waals surface area contributed by atoms with E-state index in [2.05, 4.69) is 9.47 Å². The van der Waals surface area contributed by atoms with Gasteiger partial charge in [-0.2, -0.15) is 0 Å². The van der Waals surface area contributed by atoms with E-state index in [9.17, 15) is 19.5 Å². The molecule has 0 unspecified atom stereocenters. The molecule has 8 nitrogen and oxygen atoms in total. The third-order valence-corrected chi connectivity index (χ3v) is 3.04. The predicted octanol–water partition coefficient (Wildman–Crippen LogP) is 2.21. The van der Waals surface area contributed by atoms with Crippen LogP contribution in [0.25, 0.3) is 0 Å². The van der Waals surface area contributed by atoms with Gasteiger partial charge in [-0.15, -0.1) is 0 Å². The van der Waals surface area contributed by atoms with Gasteiger partial charge in [0.15, 0.2) is 5.92 Å². The summed E-state index contributed by atoms with van der Waals surface area (Å²) < 4.78 is 19.2. The highest BCUT2D eigenvalue weighted by Gasteiger charge is 2.30. The van der Waals surface area contributed by atoms with Gasteiger partial charge in [0, 0.05) is 6.42 Å². The van der Waals surface area contributed by atoms with Crippen LogP contribution in [0.15, 0.2) is 18.2 Å². The van der Waals surface area contributed by atoms with Gasteiger partial charge in [-0.3, -0.25) is 9.59 Å². The molecule has 0 amide bonds. The summed E-state index contributed by atoms with van der Waals surface area (Å²) in [6, 6.07) is 3.97. The number of phenolic OH excluding ortho intramolecular Hbond substituents is 1. The van der Waals surface area contributed by atoms with E-state index in [1.54, 1.807) is 20.8 Å². The Hall–Kier alpha value is -2.77. The third kappa shape index (κ3) is 6.33. The quantitative estimate of drug-likeness (QED) is 0.371. The maximum absolute atomic E-state index is 11.7. The van der Waals surface area contributed by atoms with Gasteiger partial charge < -0.3 is 24.1 Å². The first kappa shape index (κ1) is 20.3. The zero-order valence-corrected chi connectivity index (χ0v) is 14.8. The van der Waals surface area contributed by atoms with E-state index in [-0.39, 0.29) is 23.5 Å². The molecule has 0 saturated carbocycles. The number of hydrogen-bond donors (Lipinski definition) is 1. The Balaban J connectivity index is 2.98. The first-order chi connectivity index (χ1) is 11.6. The Morgan fingerprint density at radius 1 is 1.08 bits per heavy atom. The van der Waals surface area contributed by atoms with Gasteiger partial charge >= 0.3 is 18.1 Å². The van der Waals surface area contributed by atoms with Crippen LogP contribution in [-0.2, 0) is 30.2 Å². The van der Waals surface area contributed by atoms with E-state index >= 15 is 0 Å². The van der Waals surface area contributed by atoms with Crippen molar-refractivity contribution in [2.24, 2.45) is 5.92 Å². The van der Waals surface area contributed by atoms with Crippen molar-refractivity contribution in [3.63, 3.8) is 0 Å². The average Bonchev–Trinajstić information content (AvgIpc) is 2.52. The van der Waals surface area contributed by atoms with Crippen LogP contribution in [0, 0.1) is 5.92 Å². The van der Waals surface area contributed by atoms with Gasteiger partial charge in [0.25, 0.3) is 0 Å². The van der Waals surface area contributed by atoms with Crippen molar-refractivity contribution in [2.75, 3.05) is 14.2 Å². The lowest BCUT2D eigenvalue weighted by Crippen LogP contribution is -2.28. The predicted molar refractivity (Wildman–Crippen MR) is 86.2 cm³/mol. The summed E-state index contributed by atoms with van der Waals surface area (Å²) in [5.41, 5.74) is -0.514. The monoisotopic (exact) mass is 354 g/mol. The van der Waals surface area contributed by atoms with Crippen molar-refractivity contribution in [1.29, 1.82) is 0 Å². The number of ether oxygens (including phenoxy) is 4. The summed E-state index contributed by atoms with van der Waals surface area (Å²) in [4.78, 5) is 35.2. The molecule has 0 saturated heterocycles. The topological polar surface area (TPSA) is 108 Å². The molecule has 1 aromatic rings. The normalized spacial score (nSPS) is 11.0. The standard InChI is InChI=1S/C17H22O8/c1-17(2,3)25-16(21)24-11-6-7-13(18)10(8-11)9-12(14(19)22-4)15(20)23-5/h6-8,12,18H,9H2,1-5H3. The van der Waals surface area contributed by atoms with Gasteiger partial charge in [0.05, 0.1) is 14.2 Å². The minimum absolute atomic E-state index is 0.0931. The number of methoxy groups -OCH3 is 2. The minimum atomic E-state index is -1.25. The number of hydrogen-bond acceptors (Lipinski definition) is 8. The lowest BCUT2D eigenvalue weighted by Gasteiger charge is -2.19. The Bertz CT molecular complexity index is 629. The largest absolute Gasteiger partial charge is 0.514 e. The number of esters is 2. The van der Waals surface area contributed by atoms with Crippen molar-refractivity contribution in [3.8, 4) is 11.5 Å². The maximum Gasteiger partial charge on any atom is 0.514 e. The molecule has 1 N–H and O–H groups in total. The molecule has 25 heavy (non-hydrogen) atoms. The van der Waals surface area contributed by atoms with Crippen LogP contribution >= 0.6 is 0 Å². The molecule has 0 aromatic heterocycles. The second-order valence-electron chi connectivity index (χ2n) is 6.16. The highest BCUT2D eigenvalue weighted by atomic mass is 16.7. The number of benzene rings is 1. The van der Waals surface area contributed by atoms with Crippen molar-refractivity contribution < 1.29 is 38.4 Å². The zero-order valence-electron chi connectivity index (χ0n) is 14.8. The molecule has 0 bridgehead atoms. The van der Waals surface area contributed by atoms with E-state index in [0.717, 1.165) is 14.2 Å². The van der Waals surface area contributed by atoms with Gasteiger partial charge in [0.1, 0.15) is 17.1 Å². The number of aromatic hydroxyl groups is 1. The first-order valence-corrected chi connectivity index (χ1v) is 7.45. The van der Waals surface area contributed by atoms with Crippen LogP contribution in [0.4, 0.5) is 4.79 Å². The fourth-order valence-corrected chi connectivity index (χ4v) is 1.92. The first-order valence-electron chi connectivity index (χ1n) is 7.45. The molecule has 0 aliphatic heterocycles. The minimum Gasteiger partial charge on any atom is -0.508 e. The molecule has 138 valence electrons. The molecule has 0 spiro atoms. The summed E-state index contributed by atoms with van der Waals surface area (Å²) in [5, 5.41) is 9.94. The molecule has 0 atom stereocenters. The summed E-state index contributed by atoms with van der Waals surface area (Å²) >= 11 is 0. The smallest absolute Gasteiger partial charge is 0.508 e. The van der Waals surface area contributed by atoms with E-state index in [4.69, 9.17) is 9.47 Å². The van der Waals surface area contributed by atoms with Crippen molar-refractivity contribution in [3.05, 3.63) is 23.8 Å². The third-order valence-electron chi connectivity index (χ3n) is 3.04. The molecule has 0 radical (unpaired) electrons. The van der Waals surface area contributed by atoms with Crippen LogP contribution in [0.5, 0.6) is 11.5 Å². The SMILES string of the molecule is COC(=O)C(Cc1cc(OC(=O)OC(C)(C)C)ccc1O)C(=O)OC.